The van der Waals surface area contributed by atoms with Crippen LogP contribution in [0.4, 0.5) is 13.0 Å². The third-order valence-electron chi connectivity index (χ3n) is 0.117. The minimum Gasteiger partial charge on any atom is -0.284 e. The molecule has 0 aromatic rings. The molecule has 0 aliphatic rings. The van der Waals surface area contributed by atoms with Crippen LogP contribution >= 0.6 is 0 Å². The molecule has 0 bridgehead atoms. The van der Waals surface area contributed by atoms with Gasteiger partial charge >= 0.3 is 7.27 Å². The van der Waals surface area contributed by atoms with Gasteiger partial charge in [-0.15, -0.1) is 0 Å². The van der Waals surface area contributed by atoms with Gasteiger partial charge in [0.05, 0.1) is 0 Å². The van der Waals surface area contributed by atoms with Crippen molar-refractivity contribution in [1.82, 2.24) is 0 Å². The monoisotopic (exact) mass is 121 g/mol. The van der Waals surface area contributed by atoms with Crippen LogP contribution in [0.25, 0.3) is 0 Å². The minimum absolute atomic E-state index is 0. The van der Waals surface area contributed by atoms with Crippen LogP contribution in [0.5, 0.6) is 0 Å². The van der Waals surface area contributed by atoms with Crippen molar-refractivity contribution in [3.8, 4) is 0 Å². The number of alkyl halides is 1. The van der Waals surface area contributed by atoms with Crippen molar-refractivity contribution in [2.45, 2.75) is 0 Å². The first-order chi connectivity index (χ1) is 2.27. The van der Waals surface area contributed by atoms with E-state index in [1.807, 2.05) is 0 Å². The van der Waals surface area contributed by atoms with Gasteiger partial charge < -0.3 is 0 Å². The molecule has 0 atom stereocenters. The smallest absolute Gasteiger partial charge is 0.284 e. The molecule has 6 heavy (non-hydrogen) atoms. The Bertz CT molecular complexity index is 24.8. The first-order valence-corrected chi connectivity index (χ1v) is 1.11. The van der Waals surface area contributed by atoms with Gasteiger partial charge in [0.2, 0.25) is 0 Å². The second kappa shape index (κ2) is 6.49. The van der Waals surface area contributed by atoms with Gasteiger partial charge in [0, 0.05) is 51.4 Å². The summed E-state index contributed by atoms with van der Waals surface area (Å²) in [7, 11) is -2.78. The molecule has 0 saturated carbocycles. The van der Waals surface area contributed by atoms with Gasteiger partial charge in [0.1, 0.15) is 6.57 Å². The second-order valence-corrected chi connectivity index (χ2v) is 0.545. The SMILES string of the molecule is FCB(F)F.[K]. The van der Waals surface area contributed by atoms with Gasteiger partial charge in [-0.2, -0.15) is 0 Å². The van der Waals surface area contributed by atoms with Crippen LogP contribution in [-0.2, 0) is 0 Å². The molecule has 0 rings (SSSR count). The molecule has 0 saturated heterocycles. The van der Waals surface area contributed by atoms with Crippen LogP contribution in [0.15, 0.2) is 0 Å². The Balaban J connectivity index is 0. The summed E-state index contributed by atoms with van der Waals surface area (Å²) in [6.07, 6.45) is 0. The van der Waals surface area contributed by atoms with E-state index in [1.165, 1.54) is 0 Å². The normalized spacial score (nSPS) is 6.50. The molecule has 5 heteroatoms. The molecule has 0 heterocycles. The van der Waals surface area contributed by atoms with Crippen molar-refractivity contribution in [2.75, 3.05) is 6.57 Å². The van der Waals surface area contributed by atoms with Crippen LogP contribution in [0.2, 0.25) is 0 Å². The standard InChI is InChI=1S/CH2BF3.K/c3-1-2(4)5;/h1H2;. The number of rotatable bonds is 1. The molecule has 0 spiro atoms. The van der Waals surface area contributed by atoms with E-state index in [-0.39, 0.29) is 51.4 Å². The zero-order valence-electron chi connectivity index (χ0n) is 3.42. The average Bonchev–Trinajstić information content (AvgIpc) is 1.38. The molecule has 31 valence electrons. The molecule has 0 N–H and O–H groups in total. The topological polar surface area (TPSA) is 0 Å². The maximum atomic E-state index is 10.4. The van der Waals surface area contributed by atoms with Crippen molar-refractivity contribution in [3.05, 3.63) is 0 Å². The third kappa shape index (κ3) is 9.09. The maximum Gasteiger partial charge on any atom is 0.568 e. The van der Waals surface area contributed by atoms with E-state index in [0.29, 0.717) is 0 Å². The third-order valence-corrected chi connectivity index (χ3v) is 0.117. The number of halogens is 3. The van der Waals surface area contributed by atoms with Gasteiger partial charge in [-0.25, -0.2) is 0 Å². The van der Waals surface area contributed by atoms with Crippen molar-refractivity contribution < 1.29 is 13.0 Å². The van der Waals surface area contributed by atoms with Crippen LogP contribution in [0.1, 0.15) is 0 Å². The summed E-state index contributed by atoms with van der Waals surface area (Å²) in [4.78, 5) is 0. The molecule has 0 nitrogen and oxygen atoms in total. The maximum absolute atomic E-state index is 10.4. The van der Waals surface area contributed by atoms with Gasteiger partial charge in [0.15, 0.2) is 0 Å². The van der Waals surface area contributed by atoms with Crippen LogP contribution in [0, 0.1) is 0 Å². The largest absolute Gasteiger partial charge is 0.568 e. The molecule has 0 aromatic heterocycles. The molecular weight excluding hydrogens is 119 g/mol. The second-order valence-electron chi connectivity index (χ2n) is 0.545. The fraction of sp³-hybridized carbons (Fsp3) is 1.00. The molecule has 0 aliphatic heterocycles. The molecule has 0 fully saturated rings. The van der Waals surface area contributed by atoms with E-state index in [9.17, 15) is 13.0 Å². The van der Waals surface area contributed by atoms with E-state index in [2.05, 4.69) is 0 Å². The Hall–Kier alpha value is 1.49. The Morgan fingerprint density at radius 2 is 1.50 bits per heavy atom. The summed E-state index contributed by atoms with van der Waals surface area (Å²) >= 11 is 0. The Morgan fingerprint density at radius 1 is 1.33 bits per heavy atom. The predicted octanol–water partition coefficient (Wildman–Crippen LogP) is 0.541. The van der Waals surface area contributed by atoms with Gasteiger partial charge in [-0.05, 0) is 0 Å². The van der Waals surface area contributed by atoms with Crippen molar-refractivity contribution >= 4 is 58.7 Å². The summed E-state index contributed by atoms with van der Waals surface area (Å²) in [5.41, 5.74) is 0. The van der Waals surface area contributed by atoms with Gasteiger partial charge in [0.25, 0.3) is 0 Å². The van der Waals surface area contributed by atoms with Crippen molar-refractivity contribution in [3.63, 3.8) is 0 Å². The van der Waals surface area contributed by atoms with E-state index >= 15 is 0 Å². The van der Waals surface area contributed by atoms with E-state index in [0.717, 1.165) is 0 Å². The number of hydrogen-bond donors (Lipinski definition) is 0. The summed E-state index contributed by atoms with van der Waals surface area (Å²) < 4.78 is 31.1. The van der Waals surface area contributed by atoms with Gasteiger partial charge in [-0.1, -0.05) is 0 Å². The molecule has 0 amide bonds. The molecule has 1 radical (unpaired) electrons. The summed E-state index contributed by atoms with van der Waals surface area (Å²) in [5.74, 6) is 0. The molecule has 0 aliphatic carbocycles. The van der Waals surface area contributed by atoms with E-state index < -0.39 is 13.8 Å². The van der Waals surface area contributed by atoms with Crippen molar-refractivity contribution in [2.24, 2.45) is 0 Å². The molecule has 0 unspecified atom stereocenters. The fourth-order valence-corrected chi connectivity index (χ4v) is 0. The predicted molar refractivity (Wildman–Crippen MR) is 19.7 cm³/mol. The zero-order valence-corrected chi connectivity index (χ0v) is 6.54. The van der Waals surface area contributed by atoms with E-state index in [4.69, 9.17) is 0 Å². The Morgan fingerprint density at radius 3 is 1.50 bits per heavy atom. The van der Waals surface area contributed by atoms with E-state index in [1.54, 1.807) is 0 Å². The summed E-state index contributed by atoms with van der Waals surface area (Å²) in [5, 5.41) is 0. The van der Waals surface area contributed by atoms with Crippen molar-refractivity contribution in [1.29, 1.82) is 0 Å². The average molecular weight is 121 g/mol. The molecule has 0 aromatic carbocycles. The Labute approximate surface area is 77.1 Å². The first kappa shape index (κ1) is 10.5. The fourth-order valence-electron chi connectivity index (χ4n) is 0. The summed E-state index contributed by atoms with van der Waals surface area (Å²) in [6, 6.07) is 0. The van der Waals surface area contributed by atoms with Crippen LogP contribution in [0.3, 0.4) is 0 Å². The summed E-state index contributed by atoms with van der Waals surface area (Å²) in [6.45, 7) is -1.53. The van der Waals surface area contributed by atoms with Gasteiger partial charge in [-0.3, -0.25) is 13.0 Å². The van der Waals surface area contributed by atoms with Crippen LogP contribution in [-0.4, -0.2) is 65.2 Å². The minimum atomic E-state index is -2.78. The van der Waals surface area contributed by atoms with Crippen LogP contribution < -0.4 is 0 Å². The Kier molecular flexibility index (Phi) is 11.3. The molecular formula is CH2BF3K. The quantitative estimate of drug-likeness (QED) is 0.444. The first-order valence-electron chi connectivity index (χ1n) is 1.11. The zero-order chi connectivity index (χ0) is 4.28. The number of hydrogen-bond acceptors (Lipinski definition) is 0.